The lowest BCUT2D eigenvalue weighted by molar-refractivity contribution is 0.181. The van der Waals surface area contributed by atoms with Crippen molar-refractivity contribution < 1.29 is 9.26 Å². The minimum Gasteiger partial charge on any atom is -0.379 e. The zero-order valence-electron chi connectivity index (χ0n) is 16.0. The molecule has 0 saturated carbocycles. The second kappa shape index (κ2) is 7.29. The van der Waals surface area contributed by atoms with Gasteiger partial charge in [0.05, 0.1) is 24.4 Å². The van der Waals surface area contributed by atoms with Gasteiger partial charge in [0.1, 0.15) is 5.76 Å². The van der Waals surface area contributed by atoms with Gasteiger partial charge in [-0.2, -0.15) is 0 Å². The van der Waals surface area contributed by atoms with Gasteiger partial charge in [0.25, 0.3) is 0 Å². The fourth-order valence-corrected chi connectivity index (χ4v) is 3.89. The monoisotopic (exact) mass is 367 g/mol. The molecule has 142 valence electrons. The Balaban J connectivity index is 1.48. The van der Waals surface area contributed by atoms with E-state index in [9.17, 15) is 4.79 Å². The number of aromatic nitrogens is 2. The zero-order valence-corrected chi connectivity index (χ0v) is 16.0. The molecule has 2 N–H and O–H groups in total. The molecule has 1 aliphatic heterocycles. The molecule has 2 atom stereocenters. The highest BCUT2D eigenvalue weighted by Gasteiger charge is 2.29. The Labute approximate surface area is 157 Å². The summed E-state index contributed by atoms with van der Waals surface area (Å²) in [6.45, 7) is 7.92. The van der Waals surface area contributed by atoms with Crippen molar-refractivity contribution in [2.45, 2.75) is 39.8 Å². The molecule has 6 nitrogen and oxygen atoms in total. The fraction of sp³-hybridized carbons (Fsp3) is 0.429. The van der Waals surface area contributed by atoms with Gasteiger partial charge in [-0.3, -0.25) is 4.79 Å². The van der Waals surface area contributed by atoms with Crippen LogP contribution in [0.1, 0.15) is 28.3 Å². The number of hydrogen-bond donors (Lipinski definition) is 2. The number of aryl methyl sites for hydroxylation is 3. The number of fused-ring (bicyclic) bond motifs is 1. The smallest absolute Gasteiger partial charge is 0.189 e. The lowest BCUT2D eigenvalue weighted by atomic mass is 9.98. The van der Waals surface area contributed by atoms with E-state index in [-0.39, 0.29) is 11.5 Å². The minimum absolute atomic E-state index is 0.0590. The van der Waals surface area contributed by atoms with E-state index in [0.29, 0.717) is 25.7 Å². The van der Waals surface area contributed by atoms with Gasteiger partial charge in [0.2, 0.25) is 0 Å². The number of H-pyrrole nitrogens is 1. The van der Waals surface area contributed by atoms with E-state index >= 15 is 0 Å². The molecular formula is C21H25N3O3. The number of nitrogens with zero attached hydrogens (tertiary/aromatic N) is 1. The number of ether oxygens (including phenoxy) is 1. The lowest BCUT2D eigenvalue weighted by Gasteiger charge is -2.18. The van der Waals surface area contributed by atoms with Gasteiger partial charge in [-0.1, -0.05) is 11.2 Å². The van der Waals surface area contributed by atoms with Crippen LogP contribution < -0.4 is 10.7 Å². The van der Waals surface area contributed by atoms with Crippen LogP contribution >= 0.6 is 0 Å². The van der Waals surface area contributed by atoms with E-state index in [2.05, 4.69) is 21.5 Å². The number of aromatic amines is 1. The number of benzene rings is 1. The van der Waals surface area contributed by atoms with Crippen molar-refractivity contribution in [3.8, 4) is 0 Å². The Kier molecular flexibility index (Phi) is 4.85. The Morgan fingerprint density at radius 1 is 1.19 bits per heavy atom. The molecule has 1 saturated heterocycles. The first-order chi connectivity index (χ1) is 13.0. The predicted octanol–water partition coefficient (Wildman–Crippen LogP) is 2.79. The Morgan fingerprint density at radius 2 is 2.04 bits per heavy atom. The van der Waals surface area contributed by atoms with Gasteiger partial charge in [-0.05, 0) is 38.0 Å². The first kappa shape index (κ1) is 17.9. The summed E-state index contributed by atoms with van der Waals surface area (Å²) < 4.78 is 11.0. The van der Waals surface area contributed by atoms with Crippen LogP contribution in [0, 0.1) is 26.7 Å². The fourth-order valence-electron chi connectivity index (χ4n) is 3.89. The first-order valence-electron chi connectivity index (χ1n) is 9.36. The summed E-state index contributed by atoms with van der Waals surface area (Å²) in [7, 11) is 0. The molecule has 1 fully saturated rings. The van der Waals surface area contributed by atoms with Crippen LogP contribution in [0.15, 0.2) is 33.6 Å². The summed E-state index contributed by atoms with van der Waals surface area (Å²) in [4.78, 5) is 15.9. The third kappa shape index (κ3) is 3.82. The van der Waals surface area contributed by atoms with Crippen molar-refractivity contribution in [3.63, 3.8) is 0 Å². The summed E-state index contributed by atoms with van der Waals surface area (Å²) in [5.41, 5.74) is 4.95. The maximum absolute atomic E-state index is 12.5. The summed E-state index contributed by atoms with van der Waals surface area (Å²) in [5.74, 6) is 1.22. The van der Waals surface area contributed by atoms with Crippen molar-refractivity contribution in [3.05, 3.63) is 62.8 Å². The molecule has 0 radical (unpaired) electrons. The Bertz CT molecular complexity index is 1020. The van der Waals surface area contributed by atoms with Crippen molar-refractivity contribution >= 4 is 10.9 Å². The molecule has 0 aliphatic carbocycles. The number of rotatable bonds is 5. The van der Waals surface area contributed by atoms with E-state index < -0.39 is 0 Å². The van der Waals surface area contributed by atoms with E-state index in [4.69, 9.17) is 9.26 Å². The van der Waals surface area contributed by atoms with Crippen molar-refractivity contribution in [2.24, 2.45) is 5.92 Å². The van der Waals surface area contributed by atoms with E-state index in [1.807, 2.05) is 32.9 Å². The molecule has 2 aromatic heterocycles. The first-order valence-corrected chi connectivity index (χ1v) is 9.36. The molecular weight excluding hydrogens is 342 g/mol. The highest BCUT2D eigenvalue weighted by molar-refractivity contribution is 5.82. The van der Waals surface area contributed by atoms with Crippen LogP contribution in [-0.2, 0) is 17.7 Å². The van der Waals surface area contributed by atoms with Crippen LogP contribution in [0.5, 0.6) is 0 Å². The lowest BCUT2D eigenvalue weighted by Crippen LogP contribution is -2.36. The maximum Gasteiger partial charge on any atom is 0.189 e. The maximum atomic E-state index is 12.5. The molecule has 0 bridgehead atoms. The molecule has 1 aliphatic rings. The second-order valence-electron chi connectivity index (χ2n) is 7.59. The molecule has 0 spiro atoms. The van der Waals surface area contributed by atoms with Crippen LogP contribution in [0.2, 0.25) is 0 Å². The zero-order chi connectivity index (χ0) is 19.0. The highest BCUT2D eigenvalue weighted by atomic mass is 16.5. The van der Waals surface area contributed by atoms with Gasteiger partial charge in [0, 0.05) is 48.1 Å². The Hall–Kier alpha value is -2.44. The molecule has 3 heterocycles. The number of hydrogen-bond acceptors (Lipinski definition) is 5. The molecule has 0 amide bonds. The predicted molar refractivity (Wildman–Crippen MR) is 104 cm³/mol. The van der Waals surface area contributed by atoms with Crippen LogP contribution in [-0.4, -0.2) is 29.4 Å². The average Bonchev–Trinajstić information content (AvgIpc) is 3.23. The quantitative estimate of drug-likeness (QED) is 0.725. The van der Waals surface area contributed by atoms with Crippen LogP contribution in [0.25, 0.3) is 10.9 Å². The van der Waals surface area contributed by atoms with Crippen molar-refractivity contribution in [1.82, 2.24) is 15.5 Å². The topological polar surface area (TPSA) is 80.2 Å². The third-order valence-electron chi connectivity index (χ3n) is 5.23. The summed E-state index contributed by atoms with van der Waals surface area (Å²) in [6.07, 6.45) is 0.797. The summed E-state index contributed by atoms with van der Waals surface area (Å²) in [6, 6.07) is 7.92. The Morgan fingerprint density at radius 3 is 2.81 bits per heavy atom. The molecule has 3 aromatic rings. The standard InChI is InChI=1S/C21H25N3O3/c1-12-4-13(2)21-18(5-12)20(25)8-16(23-21)9-22-19-11-26-10-15(19)7-17-6-14(3)24-27-17/h4-6,8,15,19,22H,7,9-11H2,1-3H3,(H,23,25)/t15-,19+/m0/s1. The molecule has 27 heavy (non-hydrogen) atoms. The van der Waals surface area contributed by atoms with Crippen molar-refractivity contribution in [1.29, 1.82) is 0 Å². The van der Waals surface area contributed by atoms with Gasteiger partial charge in [-0.15, -0.1) is 0 Å². The van der Waals surface area contributed by atoms with Gasteiger partial charge >= 0.3 is 0 Å². The second-order valence-corrected chi connectivity index (χ2v) is 7.59. The van der Waals surface area contributed by atoms with E-state index in [1.54, 1.807) is 6.07 Å². The average molecular weight is 367 g/mol. The molecule has 6 heteroatoms. The molecule has 0 unspecified atom stereocenters. The largest absolute Gasteiger partial charge is 0.379 e. The van der Waals surface area contributed by atoms with Crippen molar-refractivity contribution in [2.75, 3.05) is 13.2 Å². The minimum atomic E-state index is 0.0590. The van der Waals surface area contributed by atoms with Gasteiger partial charge < -0.3 is 19.6 Å². The molecule has 1 aromatic carbocycles. The van der Waals surface area contributed by atoms with Crippen LogP contribution in [0.4, 0.5) is 0 Å². The number of pyridine rings is 1. The summed E-state index contributed by atoms with van der Waals surface area (Å²) >= 11 is 0. The van der Waals surface area contributed by atoms with Gasteiger partial charge in [-0.25, -0.2) is 0 Å². The van der Waals surface area contributed by atoms with E-state index in [1.165, 1.54) is 0 Å². The number of nitrogens with one attached hydrogen (secondary N) is 2. The molecule has 4 rings (SSSR count). The third-order valence-corrected chi connectivity index (χ3v) is 5.23. The summed E-state index contributed by atoms with van der Waals surface area (Å²) in [5, 5.41) is 8.24. The normalized spacial score (nSPS) is 19.8. The SMILES string of the molecule is Cc1cc(C)c2[nH]c(CN[C@@H]3COC[C@@H]3Cc3cc(C)no3)cc(=O)c2c1. The highest BCUT2D eigenvalue weighted by Crippen LogP contribution is 2.21. The van der Waals surface area contributed by atoms with Crippen LogP contribution in [0.3, 0.4) is 0 Å². The van der Waals surface area contributed by atoms with E-state index in [0.717, 1.165) is 45.6 Å². The van der Waals surface area contributed by atoms with Gasteiger partial charge in [0.15, 0.2) is 5.43 Å².